The molecule has 0 spiro atoms. The predicted molar refractivity (Wildman–Crippen MR) is 80.3 cm³/mol. The molecule has 0 radical (unpaired) electrons. The van der Waals surface area contributed by atoms with Gasteiger partial charge in [0.05, 0.1) is 4.90 Å². The molecule has 0 amide bonds. The monoisotopic (exact) mass is 309 g/mol. The third-order valence-corrected chi connectivity index (χ3v) is 5.41. The van der Waals surface area contributed by atoms with E-state index in [0.717, 1.165) is 31.8 Å². The van der Waals surface area contributed by atoms with Crippen LogP contribution < -0.4 is 0 Å². The molecule has 21 heavy (non-hydrogen) atoms. The van der Waals surface area contributed by atoms with E-state index in [1.807, 2.05) is 0 Å². The number of sulfonamides is 1. The Kier molecular flexibility index (Phi) is 5.14. The highest BCUT2D eigenvalue weighted by molar-refractivity contribution is 7.89. The Bertz CT molecular complexity index is 612. The summed E-state index contributed by atoms with van der Waals surface area (Å²) in [4.78, 5) is 10.7. The molecular weight excluding hydrogens is 290 g/mol. The van der Waals surface area contributed by atoms with Crippen LogP contribution in [0.2, 0.25) is 0 Å². The lowest BCUT2D eigenvalue weighted by Crippen LogP contribution is -2.31. The topological polar surface area (TPSA) is 74.7 Å². The van der Waals surface area contributed by atoms with Gasteiger partial charge in [0.2, 0.25) is 10.0 Å². The molecule has 1 heterocycles. The summed E-state index contributed by atoms with van der Waals surface area (Å²) in [5, 5.41) is 8.57. The van der Waals surface area contributed by atoms with Crippen molar-refractivity contribution in [1.29, 1.82) is 0 Å². The van der Waals surface area contributed by atoms with Crippen molar-refractivity contribution in [3.8, 4) is 0 Å². The standard InChI is InChI=1S/C15H19NO4S/c17-15(18)10-7-13-5-8-14(9-6-13)21(19,20)16-11-3-1-2-4-12-16/h5-10H,1-4,11-12H2,(H,17,18). The first-order valence-electron chi connectivity index (χ1n) is 7.01. The van der Waals surface area contributed by atoms with Crippen LogP contribution in [-0.2, 0) is 14.8 Å². The Morgan fingerprint density at radius 2 is 1.62 bits per heavy atom. The maximum Gasteiger partial charge on any atom is 0.328 e. The number of carboxylic acid groups (broad SMARTS) is 1. The van der Waals surface area contributed by atoms with Crippen molar-refractivity contribution in [3.05, 3.63) is 35.9 Å². The van der Waals surface area contributed by atoms with E-state index in [1.54, 1.807) is 16.4 Å². The third kappa shape index (κ3) is 4.15. The lowest BCUT2D eigenvalue weighted by Gasteiger charge is -2.19. The minimum absolute atomic E-state index is 0.261. The Morgan fingerprint density at radius 3 is 2.14 bits per heavy atom. The van der Waals surface area contributed by atoms with E-state index in [-0.39, 0.29) is 4.90 Å². The molecule has 0 atom stereocenters. The highest BCUT2D eigenvalue weighted by atomic mass is 32.2. The lowest BCUT2D eigenvalue weighted by molar-refractivity contribution is -0.131. The minimum Gasteiger partial charge on any atom is -0.478 e. The molecule has 0 saturated carbocycles. The molecular formula is C15H19NO4S. The molecule has 1 aromatic carbocycles. The van der Waals surface area contributed by atoms with E-state index in [0.29, 0.717) is 18.7 Å². The van der Waals surface area contributed by atoms with Gasteiger partial charge in [0.25, 0.3) is 0 Å². The van der Waals surface area contributed by atoms with Crippen LogP contribution in [0.4, 0.5) is 0 Å². The van der Waals surface area contributed by atoms with Crippen molar-refractivity contribution >= 4 is 22.1 Å². The summed E-state index contributed by atoms with van der Waals surface area (Å²) in [5.74, 6) is -1.03. The number of benzene rings is 1. The number of aliphatic carboxylic acids is 1. The molecule has 1 aliphatic heterocycles. The Balaban J connectivity index is 2.18. The summed E-state index contributed by atoms with van der Waals surface area (Å²) in [6.07, 6.45) is 6.41. The van der Waals surface area contributed by atoms with Gasteiger partial charge < -0.3 is 5.11 Å². The number of carboxylic acids is 1. The minimum atomic E-state index is -3.44. The molecule has 114 valence electrons. The fourth-order valence-electron chi connectivity index (χ4n) is 2.35. The molecule has 1 fully saturated rings. The van der Waals surface area contributed by atoms with Gasteiger partial charge in [-0.3, -0.25) is 0 Å². The highest BCUT2D eigenvalue weighted by Gasteiger charge is 2.24. The molecule has 1 N–H and O–H groups in total. The van der Waals surface area contributed by atoms with E-state index >= 15 is 0 Å². The first-order chi connectivity index (χ1) is 10.00. The van der Waals surface area contributed by atoms with Crippen LogP contribution in [0.1, 0.15) is 31.2 Å². The van der Waals surface area contributed by atoms with Crippen LogP contribution in [0.3, 0.4) is 0 Å². The average molecular weight is 309 g/mol. The molecule has 2 rings (SSSR count). The van der Waals surface area contributed by atoms with Gasteiger partial charge >= 0.3 is 5.97 Å². The van der Waals surface area contributed by atoms with Crippen LogP contribution >= 0.6 is 0 Å². The van der Waals surface area contributed by atoms with E-state index in [2.05, 4.69) is 0 Å². The van der Waals surface area contributed by atoms with Crippen LogP contribution in [0, 0.1) is 0 Å². The van der Waals surface area contributed by atoms with Gasteiger partial charge in [-0.1, -0.05) is 25.0 Å². The van der Waals surface area contributed by atoms with Crippen LogP contribution in [-0.4, -0.2) is 36.9 Å². The molecule has 6 heteroatoms. The van der Waals surface area contributed by atoms with Gasteiger partial charge in [0.15, 0.2) is 0 Å². The molecule has 0 aromatic heterocycles. The molecule has 1 aromatic rings. The van der Waals surface area contributed by atoms with Crippen molar-refractivity contribution in [3.63, 3.8) is 0 Å². The maximum absolute atomic E-state index is 12.5. The summed E-state index contributed by atoms with van der Waals surface area (Å²) in [6.45, 7) is 1.14. The quantitative estimate of drug-likeness (QED) is 0.866. The van der Waals surface area contributed by atoms with Crippen molar-refractivity contribution in [1.82, 2.24) is 4.31 Å². The van der Waals surface area contributed by atoms with Crippen molar-refractivity contribution in [2.24, 2.45) is 0 Å². The highest BCUT2D eigenvalue weighted by Crippen LogP contribution is 2.20. The van der Waals surface area contributed by atoms with E-state index < -0.39 is 16.0 Å². The van der Waals surface area contributed by atoms with E-state index in [1.165, 1.54) is 18.2 Å². The second-order valence-corrected chi connectivity index (χ2v) is 7.00. The number of hydrogen-bond acceptors (Lipinski definition) is 3. The van der Waals surface area contributed by atoms with Crippen LogP contribution in [0.5, 0.6) is 0 Å². The van der Waals surface area contributed by atoms with Crippen LogP contribution in [0.25, 0.3) is 6.08 Å². The number of hydrogen-bond donors (Lipinski definition) is 1. The first kappa shape index (κ1) is 15.7. The molecule has 1 saturated heterocycles. The molecule has 0 bridgehead atoms. The summed E-state index contributed by atoms with van der Waals surface area (Å²) in [5.41, 5.74) is 0.659. The summed E-state index contributed by atoms with van der Waals surface area (Å²) in [7, 11) is -3.44. The second kappa shape index (κ2) is 6.87. The Labute approximate surface area is 124 Å². The zero-order valence-corrected chi connectivity index (χ0v) is 12.6. The largest absolute Gasteiger partial charge is 0.478 e. The van der Waals surface area contributed by atoms with Gasteiger partial charge in [-0.05, 0) is 36.6 Å². The normalized spacial score (nSPS) is 17.7. The van der Waals surface area contributed by atoms with Gasteiger partial charge in [-0.25, -0.2) is 13.2 Å². The Hall–Kier alpha value is -1.66. The smallest absolute Gasteiger partial charge is 0.328 e. The third-order valence-electron chi connectivity index (χ3n) is 3.50. The average Bonchev–Trinajstić information content (AvgIpc) is 2.75. The number of nitrogens with zero attached hydrogens (tertiary/aromatic N) is 1. The molecule has 1 aliphatic rings. The van der Waals surface area contributed by atoms with E-state index in [9.17, 15) is 13.2 Å². The Morgan fingerprint density at radius 1 is 1.05 bits per heavy atom. The van der Waals surface area contributed by atoms with Crippen LogP contribution in [0.15, 0.2) is 35.2 Å². The SMILES string of the molecule is O=C(O)C=Cc1ccc(S(=O)(=O)N2CCCCCC2)cc1. The molecule has 0 unspecified atom stereocenters. The zero-order chi connectivity index (χ0) is 15.3. The van der Waals surface area contributed by atoms with E-state index in [4.69, 9.17) is 5.11 Å². The maximum atomic E-state index is 12.5. The van der Waals surface area contributed by atoms with Gasteiger partial charge in [-0.2, -0.15) is 4.31 Å². The first-order valence-corrected chi connectivity index (χ1v) is 8.45. The van der Waals surface area contributed by atoms with Crippen molar-refractivity contribution in [2.45, 2.75) is 30.6 Å². The van der Waals surface area contributed by atoms with Gasteiger partial charge in [0, 0.05) is 19.2 Å². The summed E-state index contributed by atoms with van der Waals surface area (Å²) >= 11 is 0. The second-order valence-electron chi connectivity index (χ2n) is 5.06. The van der Waals surface area contributed by atoms with Gasteiger partial charge in [0.1, 0.15) is 0 Å². The fourth-order valence-corrected chi connectivity index (χ4v) is 3.87. The van der Waals surface area contributed by atoms with Crippen molar-refractivity contribution < 1.29 is 18.3 Å². The number of rotatable bonds is 4. The predicted octanol–water partition coefficient (Wildman–Crippen LogP) is 2.35. The molecule has 5 nitrogen and oxygen atoms in total. The van der Waals surface area contributed by atoms with Gasteiger partial charge in [-0.15, -0.1) is 0 Å². The molecule has 0 aliphatic carbocycles. The van der Waals surface area contributed by atoms with Crippen molar-refractivity contribution in [2.75, 3.05) is 13.1 Å². The zero-order valence-electron chi connectivity index (χ0n) is 11.7. The summed E-state index contributed by atoms with van der Waals surface area (Å²) < 4.78 is 26.6. The fraction of sp³-hybridized carbons (Fsp3) is 0.400. The summed E-state index contributed by atoms with van der Waals surface area (Å²) in [6, 6.07) is 6.29. The lowest BCUT2D eigenvalue weighted by atomic mass is 10.2. The number of carbonyl (C=O) groups is 1.